The van der Waals surface area contributed by atoms with Gasteiger partial charge in [0.05, 0.1) is 27.4 Å². The molecule has 1 heterocycles. The van der Waals surface area contributed by atoms with Crippen molar-refractivity contribution in [3.8, 4) is 17.2 Å². The first-order chi connectivity index (χ1) is 12.1. The molecule has 2 rings (SSSR count). The van der Waals surface area contributed by atoms with Gasteiger partial charge in [0.1, 0.15) is 0 Å². The van der Waals surface area contributed by atoms with E-state index in [0.29, 0.717) is 30.3 Å². The minimum absolute atomic E-state index is 0.269. The Hall–Kier alpha value is -2.15. The maximum Gasteiger partial charge on any atom is 0.203 e. The monoisotopic (exact) mass is 351 g/mol. The fourth-order valence-corrected chi connectivity index (χ4v) is 3.00. The Kier molecular flexibility index (Phi) is 7.18. The van der Waals surface area contributed by atoms with Gasteiger partial charge in [-0.2, -0.15) is 0 Å². The van der Waals surface area contributed by atoms with Crippen molar-refractivity contribution in [3.63, 3.8) is 0 Å². The lowest BCUT2D eigenvalue weighted by Gasteiger charge is -2.21. The molecule has 1 aromatic carbocycles. The Bertz CT molecular complexity index is 592. The van der Waals surface area contributed by atoms with Crippen LogP contribution in [0.15, 0.2) is 17.1 Å². The van der Waals surface area contributed by atoms with Gasteiger partial charge in [-0.05, 0) is 25.8 Å². The number of benzene rings is 1. The molecule has 25 heavy (non-hydrogen) atoms. The molecule has 1 saturated heterocycles. The molecule has 0 unspecified atom stereocenters. The standard InChI is InChI=1S/C18H29N3O4/c1-5-19-18(21-11-9-14(22)12-21)20-10-8-13-6-7-15(23-2)17(25-4)16(13)24-3/h6-7,14,22H,5,8-12H2,1-4H3,(H,19,20)/t14-/m1/s1. The van der Waals surface area contributed by atoms with Crippen molar-refractivity contribution in [2.45, 2.75) is 25.9 Å². The lowest BCUT2D eigenvalue weighted by Crippen LogP contribution is -2.40. The van der Waals surface area contributed by atoms with E-state index in [1.54, 1.807) is 21.3 Å². The van der Waals surface area contributed by atoms with Crippen LogP contribution in [0.2, 0.25) is 0 Å². The van der Waals surface area contributed by atoms with Gasteiger partial charge >= 0.3 is 0 Å². The van der Waals surface area contributed by atoms with Gasteiger partial charge in [0.2, 0.25) is 5.75 Å². The first-order valence-corrected chi connectivity index (χ1v) is 8.63. The molecular formula is C18H29N3O4. The predicted octanol–water partition coefficient (Wildman–Crippen LogP) is 1.29. The molecule has 0 aliphatic carbocycles. The summed E-state index contributed by atoms with van der Waals surface area (Å²) in [5.41, 5.74) is 1.02. The van der Waals surface area contributed by atoms with E-state index < -0.39 is 0 Å². The van der Waals surface area contributed by atoms with Crippen LogP contribution < -0.4 is 19.5 Å². The first-order valence-electron chi connectivity index (χ1n) is 8.63. The topological polar surface area (TPSA) is 75.6 Å². The number of aliphatic hydroxyl groups excluding tert-OH is 1. The third kappa shape index (κ3) is 4.69. The van der Waals surface area contributed by atoms with Crippen LogP contribution in [-0.4, -0.2) is 69.6 Å². The van der Waals surface area contributed by atoms with Gasteiger partial charge in [-0.3, -0.25) is 4.99 Å². The van der Waals surface area contributed by atoms with Crippen LogP contribution in [0.5, 0.6) is 17.2 Å². The molecule has 0 saturated carbocycles. The van der Waals surface area contributed by atoms with E-state index in [2.05, 4.69) is 10.2 Å². The zero-order chi connectivity index (χ0) is 18.2. The van der Waals surface area contributed by atoms with Gasteiger partial charge in [0.25, 0.3) is 0 Å². The van der Waals surface area contributed by atoms with Crippen molar-refractivity contribution < 1.29 is 19.3 Å². The van der Waals surface area contributed by atoms with Crippen LogP contribution in [0.3, 0.4) is 0 Å². The van der Waals surface area contributed by atoms with Gasteiger partial charge in [-0.15, -0.1) is 0 Å². The highest BCUT2D eigenvalue weighted by atomic mass is 16.5. The van der Waals surface area contributed by atoms with Crippen LogP contribution in [-0.2, 0) is 6.42 Å². The molecule has 1 aliphatic rings. The highest BCUT2D eigenvalue weighted by Gasteiger charge is 2.22. The number of methoxy groups -OCH3 is 3. The van der Waals surface area contributed by atoms with E-state index in [1.165, 1.54) is 0 Å². The molecule has 7 heteroatoms. The second kappa shape index (κ2) is 9.36. The van der Waals surface area contributed by atoms with Gasteiger partial charge in [0, 0.05) is 31.7 Å². The fourth-order valence-electron chi connectivity index (χ4n) is 3.00. The lowest BCUT2D eigenvalue weighted by atomic mass is 10.1. The van der Waals surface area contributed by atoms with Crippen LogP contribution in [0.1, 0.15) is 18.9 Å². The molecule has 1 aliphatic heterocycles. The van der Waals surface area contributed by atoms with Crippen LogP contribution >= 0.6 is 0 Å². The average molecular weight is 351 g/mol. The molecule has 1 atom stereocenters. The molecule has 0 amide bonds. The van der Waals surface area contributed by atoms with Crippen molar-refractivity contribution in [1.29, 1.82) is 0 Å². The van der Waals surface area contributed by atoms with Gasteiger partial charge in [-0.1, -0.05) is 6.07 Å². The molecule has 0 spiro atoms. The molecule has 2 N–H and O–H groups in total. The smallest absolute Gasteiger partial charge is 0.203 e. The number of β-amino-alcohol motifs (C(OH)–C–C–N with tert-alkyl or cyclic N) is 1. The Morgan fingerprint density at radius 2 is 2.00 bits per heavy atom. The zero-order valence-electron chi connectivity index (χ0n) is 15.5. The molecule has 140 valence electrons. The summed E-state index contributed by atoms with van der Waals surface area (Å²) in [4.78, 5) is 6.79. The van der Waals surface area contributed by atoms with E-state index in [-0.39, 0.29) is 6.10 Å². The highest BCUT2D eigenvalue weighted by molar-refractivity contribution is 5.80. The summed E-state index contributed by atoms with van der Waals surface area (Å²) in [5.74, 6) is 2.77. The maximum atomic E-state index is 9.73. The minimum atomic E-state index is -0.269. The Morgan fingerprint density at radius 1 is 1.24 bits per heavy atom. The molecule has 0 bridgehead atoms. The number of nitrogens with one attached hydrogen (secondary N) is 1. The average Bonchev–Trinajstić information content (AvgIpc) is 3.06. The summed E-state index contributed by atoms with van der Waals surface area (Å²) in [6, 6.07) is 3.85. The summed E-state index contributed by atoms with van der Waals surface area (Å²) >= 11 is 0. The Morgan fingerprint density at radius 3 is 2.56 bits per heavy atom. The van der Waals surface area contributed by atoms with Crippen molar-refractivity contribution >= 4 is 5.96 Å². The van der Waals surface area contributed by atoms with Crippen molar-refractivity contribution in [2.24, 2.45) is 4.99 Å². The van der Waals surface area contributed by atoms with E-state index in [1.807, 2.05) is 19.1 Å². The third-order valence-electron chi connectivity index (χ3n) is 4.23. The number of hydrogen-bond acceptors (Lipinski definition) is 5. The SMILES string of the molecule is CCNC(=NCCc1ccc(OC)c(OC)c1OC)N1CC[C@@H](O)C1. The van der Waals surface area contributed by atoms with E-state index in [4.69, 9.17) is 19.2 Å². The molecule has 0 radical (unpaired) electrons. The predicted molar refractivity (Wildman–Crippen MR) is 98.0 cm³/mol. The van der Waals surface area contributed by atoms with Gasteiger partial charge in [-0.25, -0.2) is 0 Å². The van der Waals surface area contributed by atoms with Gasteiger partial charge in [0.15, 0.2) is 17.5 Å². The van der Waals surface area contributed by atoms with E-state index in [9.17, 15) is 5.11 Å². The zero-order valence-corrected chi connectivity index (χ0v) is 15.5. The molecule has 1 aromatic rings. The normalized spacial score (nSPS) is 17.6. The molecular weight excluding hydrogens is 322 g/mol. The van der Waals surface area contributed by atoms with Gasteiger partial charge < -0.3 is 29.5 Å². The summed E-state index contributed by atoms with van der Waals surface area (Å²) < 4.78 is 16.3. The Labute approximate surface area is 149 Å². The highest BCUT2D eigenvalue weighted by Crippen LogP contribution is 2.39. The summed E-state index contributed by atoms with van der Waals surface area (Å²) in [5, 5.41) is 13.0. The largest absolute Gasteiger partial charge is 0.493 e. The minimum Gasteiger partial charge on any atom is -0.493 e. The summed E-state index contributed by atoms with van der Waals surface area (Å²) in [6.07, 6.45) is 1.23. The quantitative estimate of drug-likeness (QED) is 0.569. The number of aliphatic hydroxyl groups is 1. The number of aliphatic imine (C=N–C) groups is 1. The summed E-state index contributed by atoms with van der Waals surface area (Å²) in [7, 11) is 4.83. The molecule has 7 nitrogen and oxygen atoms in total. The van der Waals surface area contributed by atoms with Crippen LogP contribution in [0.4, 0.5) is 0 Å². The third-order valence-corrected chi connectivity index (χ3v) is 4.23. The maximum absolute atomic E-state index is 9.73. The second-order valence-corrected chi connectivity index (χ2v) is 5.87. The molecule has 0 aromatic heterocycles. The number of hydrogen-bond donors (Lipinski definition) is 2. The Balaban J connectivity index is 2.11. The number of likely N-dealkylation sites (tertiary alicyclic amines) is 1. The van der Waals surface area contributed by atoms with Crippen molar-refractivity contribution in [3.05, 3.63) is 17.7 Å². The number of rotatable bonds is 7. The number of guanidine groups is 1. The number of ether oxygens (including phenoxy) is 3. The summed E-state index contributed by atoms with van der Waals surface area (Å²) in [6.45, 7) is 4.91. The van der Waals surface area contributed by atoms with Crippen molar-refractivity contribution in [1.82, 2.24) is 10.2 Å². The first kappa shape index (κ1) is 19.2. The van der Waals surface area contributed by atoms with Crippen LogP contribution in [0, 0.1) is 0 Å². The fraction of sp³-hybridized carbons (Fsp3) is 0.611. The van der Waals surface area contributed by atoms with Crippen LogP contribution in [0.25, 0.3) is 0 Å². The molecule has 1 fully saturated rings. The van der Waals surface area contributed by atoms with E-state index >= 15 is 0 Å². The number of nitrogens with zero attached hydrogens (tertiary/aromatic N) is 2. The van der Waals surface area contributed by atoms with Crippen molar-refractivity contribution in [2.75, 3.05) is 47.5 Å². The second-order valence-electron chi connectivity index (χ2n) is 5.87. The lowest BCUT2D eigenvalue weighted by molar-refractivity contribution is 0.188. The van der Waals surface area contributed by atoms with E-state index in [0.717, 1.165) is 37.5 Å².